The zero-order chi connectivity index (χ0) is 20.8. The second-order valence-corrected chi connectivity index (χ2v) is 8.13. The molecule has 1 aliphatic rings. The lowest BCUT2D eigenvalue weighted by Crippen LogP contribution is -2.40. The number of pyridine rings is 1. The van der Waals surface area contributed by atoms with Gasteiger partial charge in [-0.15, -0.1) is 0 Å². The van der Waals surface area contributed by atoms with E-state index in [4.69, 9.17) is 0 Å². The number of imidazole rings is 1. The van der Waals surface area contributed by atoms with Crippen molar-refractivity contribution in [2.24, 2.45) is 5.92 Å². The molecule has 6 heteroatoms. The summed E-state index contributed by atoms with van der Waals surface area (Å²) in [5.74, 6) is 0.843. The van der Waals surface area contributed by atoms with Crippen molar-refractivity contribution in [3.8, 4) is 0 Å². The van der Waals surface area contributed by atoms with Crippen molar-refractivity contribution in [3.63, 3.8) is 0 Å². The van der Waals surface area contributed by atoms with E-state index in [0.717, 1.165) is 44.6 Å². The molecule has 0 aliphatic carbocycles. The SMILES string of the molecule is Cc1ccccc1CN1CCC(CN(Cc2cccnc2)C(=O)c2ncc[nH]2)CC1. The minimum atomic E-state index is -0.0498. The molecular weight excluding hydrogens is 374 g/mol. The summed E-state index contributed by atoms with van der Waals surface area (Å²) in [6.07, 6.45) is 9.10. The van der Waals surface area contributed by atoms with Crippen LogP contribution in [0.2, 0.25) is 0 Å². The van der Waals surface area contributed by atoms with Crippen LogP contribution in [0.1, 0.15) is 40.2 Å². The smallest absolute Gasteiger partial charge is 0.289 e. The molecule has 1 aliphatic heterocycles. The highest BCUT2D eigenvalue weighted by Gasteiger charge is 2.25. The van der Waals surface area contributed by atoms with Gasteiger partial charge in [0.25, 0.3) is 5.91 Å². The number of hydrogen-bond acceptors (Lipinski definition) is 4. The zero-order valence-corrected chi connectivity index (χ0v) is 17.5. The van der Waals surface area contributed by atoms with Crippen LogP contribution in [0, 0.1) is 12.8 Å². The maximum Gasteiger partial charge on any atom is 0.289 e. The summed E-state index contributed by atoms with van der Waals surface area (Å²) >= 11 is 0. The van der Waals surface area contributed by atoms with E-state index >= 15 is 0 Å². The molecular formula is C24H29N5O. The van der Waals surface area contributed by atoms with Crippen LogP contribution in [-0.4, -0.2) is 50.3 Å². The standard InChI is InChI=1S/C24H29N5O/c1-19-5-2-3-7-22(19)18-28-13-8-20(9-14-28)16-29(17-21-6-4-10-25-15-21)24(30)23-26-11-12-27-23/h2-7,10-12,15,20H,8-9,13-14,16-18H2,1H3,(H,26,27). The maximum absolute atomic E-state index is 13.0. The molecule has 4 rings (SSSR count). The van der Waals surface area contributed by atoms with Crippen LogP contribution >= 0.6 is 0 Å². The lowest BCUT2D eigenvalue weighted by Gasteiger charge is -2.35. The molecule has 1 N–H and O–H groups in total. The van der Waals surface area contributed by atoms with Crippen LogP contribution in [0.15, 0.2) is 61.2 Å². The van der Waals surface area contributed by atoms with E-state index in [0.29, 0.717) is 18.3 Å². The fraction of sp³-hybridized carbons (Fsp3) is 0.375. The van der Waals surface area contributed by atoms with Crippen LogP contribution in [-0.2, 0) is 13.1 Å². The van der Waals surface area contributed by atoms with Crippen molar-refractivity contribution in [1.29, 1.82) is 0 Å². The number of aryl methyl sites for hydroxylation is 1. The Morgan fingerprint density at radius 3 is 2.70 bits per heavy atom. The fourth-order valence-electron chi connectivity index (χ4n) is 4.13. The molecule has 3 heterocycles. The first-order chi connectivity index (χ1) is 14.7. The molecule has 3 aromatic rings. The Morgan fingerprint density at radius 2 is 2.00 bits per heavy atom. The molecule has 30 heavy (non-hydrogen) atoms. The molecule has 1 fully saturated rings. The van der Waals surface area contributed by atoms with Gasteiger partial charge in [-0.1, -0.05) is 30.3 Å². The topological polar surface area (TPSA) is 65.1 Å². The number of nitrogens with zero attached hydrogens (tertiary/aromatic N) is 4. The zero-order valence-electron chi connectivity index (χ0n) is 17.5. The molecule has 0 unspecified atom stereocenters. The van der Waals surface area contributed by atoms with Crippen LogP contribution < -0.4 is 0 Å². The second-order valence-electron chi connectivity index (χ2n) is 8.13. The summed E-state index contributed by atoms with van der Waals surface area (Å²) in [6, 6.07) is 12.5. The highest BCUT2D eigenvalue weighted by molar-refractivity contribution is 5.90. The van der Waals surface area contributed by atoms with Gasteiger partial charge in [-0.25, -0.2) is 4.98 Å². The summed E-state index contributed by atoms with van der Waals surface area (Å²) in [7, 11) is 0. The Morgan fingerprint density at radius 1 is 1.17 bits per heavy atom. The molecule has 0 saturated carbocycles. The molecule has 0 spiro atoms. The highest BCUT2D eigenvalue weighted by atomic mass is 16.2. The molecule has 1 aromatic carbocycles. The average Bonchev–Trinajstić information content (AvgIpc) is 3.31. The molecule has 0 bridgehead atoms. The Balaban J connectivity index is 1.37. The van der Waals surface area contributed by atoms with Gasteiger partial charge in [-0.05, 0) is 61.5 Å². The number of carbonyl (C=O) groups excluding carboxylic acids is 1. The van der Waals surface area contributed by atoms with Gasteiger partial charge < -0.3 is 9.88 Å². The minimum Gasteiger partial charge on any atom is -0.341 e. The van der Waals surface area contributed by atoms with Gasteiger partial charge >= 0.3 is 0 Å². The van der Waals surface area contributed by atoms with Crippen molar-refractivity contribution >= 4 is 5.91 Å². The van der Waals surface area contributed by atoms with Crippen molar-refractivity contribution in [2.45, 2.75) is 32.9 Å². The van der Waals surface area contributed by atoms with E-state index in [9.17, 15) is 4.79 Å². The predicted molar refractivity (Wildman–Crippen MR) is 117 cm³/mol. The molecule has 0 radical (unpaired) electrons. The van der Waals surface area contributed by atoms with Crippen LogP contribution in [0.5, 0.6) is 0 Å². The van der Waals surface area contributed by atoms with Gasteiger partial charge in [0.2, 0.25) is 0 Å². The summed E-state index contributed by atoms with van der Waals surface area (Å²) < 4.78 is 0. The number of likely N-dealkylation sites (tertiary alicyclic amines) is 1. The van der Waals surface area contributed by atoms with E-state index in [1.807, 2.05) is 23.2 Å². The Bertz CT molecular complexity index is 933. The third kappa shape index (κ3) is 5.13. The lowest BCUT2D eigenvalue weighted by atomic mass is 9.95. The fourth-order valence-corrected chi connectivity index (χ4v) is 4.13. The van der Waals surface area contributed by atoms with E-state index in [1.165, 1.54) is 11.1 Å². The average molecular weight is 404 g/mol. The number of benzene rings is 1. The molecule has 1 saturated heterocycles. The van der Waals surface area contributed by atoms with Gasteiger partial charge in [-0.2, -0.15) is 0 Å². The van der Waals surface area contributed by atoms with E-state index < -0.39 is 0 Å². The Kier molecular flexibility index (Phi) is 6.54. The maximum atomic E-state index is 13.0. The van der Waals surface area contributed by atoms with Gasteiger partial charge in [0, 0.05) is 44.4 Å². The number of rotatable bonds is 7. The third-order valence-electron chi connectivity index (χ3n) is 5.93. The number of carbonyl (C=O) groups is 1. The predicted octanol–water partition coefficient (Wildman–Crippen LogP) is 3.67. The molecule has 6 nitrogen and oxygen atoms in total. The Labute approximate surface area is 178 Å². The van der Waals surface area contributed by atoms with Crippen molar-refractivity contribution in [3.05, 3.63) is 83.7 Å². The summed E-state index contributed by atoms with van der Waals surface area (Å²) in [4.78, 5) is 28.8. The molecule has 2 aromatic heterocycles. The van der Waals surface area contributed by atoms with Crippen LogP contribution in [0.4, 0.5) is 0 Å². The van der Waals surface area contributed by atoms with E-state index in [-0.39, 0.29) is 5.91 Å². The number of hydrogen-bond donors (Lipinski definition) is 1. The monoisotopic (exact) mass is 403 g/mol. The van der Waals surface area contributed by atoms with Crippen molar-refractivity contribution in [1.82, 2.24) is 24.8 Å². The van der Waals surface area contributed by atoms with Gasteiger partial charge in [0.15, 0.2) is 5.82 Å². The number of nitrogens with one attached hydrogen (secondary N) is 1. The first-order valence-electron chi connectivity index (χ1n) is 10.6. The highest BCUT2D eigenvalue weighted by Crippen LogP contribution is 2.22. The van der Waals surface area contributed by atoms with Crippen LogP contribution in [0.25, 0.3) is 0 Å². The number of amides is 1. The lowest BCUT2D eigenvalue weighted by molar-refractivity contribution is 0.0660. The normalized spacial score (nSPS) is 15.2. The number of aromatic amines is 1. The van der Waals surface area contributed by atoms with Crippen LogP contribution in [0.3, 0.4) is 0 Å². The number of aromatic nitrogens is 3. The molecule has 0 atom stereocenters. The summed E-state index contributed by atoms with van der Waals surface area (Å²) in [5, 5.41) is 0. The van der Waals surface area contributed by atoms with Crippen molar-refractivity contribution < 1.29 is 4.79 Å². The van der Waals surface area contributed by atoms with Crippen molar-refractivity contribution in [2.75, 3.05) is 19.6 Å². The van der Waals surface area contributed by atoms with E-state index in [2.05, 4.69) is 51.0 Å². The Hall–Kier alpha value is -2.99. The van der Waals surface area contributed by atoms with Gasteiger partial charge in [0.1, 0.15) is 0 Å². The minimum absolute atomic E-state index is 0.0498. The van der Waals surface area contributed by atoms with Gasteiger partial charge in [0.05, 0.1) is 0 Å². The largest absolute Gasteiger partial charge is 0.341 e. The first kappa shape index (κ1) is 20.3. The number of H-pyrrole nitrogens is 1. The number of piperidine rings is 1. The van der Waals surface area contributed by atoms with E-state index in [1.54, 1.807) is 18.6 Å². The molecule has 156 valence electrons. The second kappa shape index (κ2) is 9.67. The van der Waals surface area contributed by atoms with Gasteiger partial charge in [-0.3, -0.25) is 14.7 Å². The quantitative estimate of drug-likeness (QED) is 0.654. The summed E-state index contributed by atoms with van der Waals surface area (Å²) in [6.45, 7) is 6.61. The summed E-state index contributed by atoms with van der Waals surface area (Å²) in [5.41, 5.74) is 3.79. The molecule has 1 amide bonds. The first-order valence-corrected chi connectivity index (χ1v) is 10.6. The third-order valence-corrected chi connectivity index (χ3v) is 5.93.